The third-order valence-corrected chi connectivity index (χ3v) is 4.29. The molecule has 0 radical (unpaired) electrons. The van der Waals surface area contributed by atoms with Crippen LogP contribution in [0.2, 0.25) is 0 Å². The lowest BCUT2D eigenvalue weighted by Crippen LogP contribution is -2.38. The molecule has 2 aromatic rings. The van der Waals surface area contributed by atoms with Gasteiger partial charge in [0.05, 0.1) is 0 Å². The molecule has 6 heteroatoms. The summed E-state index contributed by atoms with van der Waals surface area (Å²) >= 11 is 0. The molecule has 1 aromatic carbocycles. The molecular weight excluding hydrogens is 290 g/mol. The van der Waals surface area contributed by atoms with Crippen molar-refractivity contribution in [1.29, 1.82) is 0 Å². The highest BCUT2D eigenvalue weighted by molar-refractivity contribution is 5.77. The molecule has 3 rings (SSSR count). The minimum Gasteiger partial charge on any atom is -0.371 e. The molecule has 23 heavy (non-hydrogen) atoms. The molecule has 1 aromatic heterocycles. The van der Waals surface area contributed by atoms with Crippen LogP contribution in [0.25, 0.3) is 0 Å². The van der Waals surface area contributed by atoms with Crippen LogP contribution in [-0.2, 0) is 4.79 Å². The number of aryl methyl sites for hydroxylation is 1. The summed E-state index contributed by atoms with van der Waals surface area (Å²) in [4.78, 5) is 21.7. The van der Waals surface area contributed by atoms with Gasteiger partial charge in [-0.05, 0) is 44.0 Å². The molecule has 6 nitrogen and oxygen atoms in total. The van der Waals surface area contributed by atoms with E-state index in [1.54, 1.807) is 6.20 Å². The quantitative estimate of drug-likeness (QED) is 0.904. The normalized spacial score (nSPS) is 15.4. The zero-order valence-corrected chi connectivity index (χ0v) is 13.2. The minimum atomic E-state index is -0.176. The summed E-state index contributed by atoms with van der Waals surface area (Å²) < 4.78 is 0. The van der Waals surface area contributed by atoms with Crippen molar-refractivity contribution in [3.63, 3.8) is 0 Å². The standard InChI is InChI=1S/C17H21N5O/c1-12-10-19-11-20-17(12)21-14-2-4-15(5-3-14)22-8-6-13(7-9-22)16(18)23/h2-5,10-11,13H,6-9H2,1H3,(H2,18,23)(H,19,20,21). The summed E-state index contributed by atoms with van der Waals surface area (Å²) in [5, 5.41) is 3.29. The molecule has 1 amide bonds. The summed E-state index contributed by atoms with van der Waals surface area (Å²) in [6, 6.07) is 8.25. The molecule has 1 fully saturated rings. The van der Waals surface area contributed by atoms with E-state index in [0.717, 1.165) is 48.7 Å². The molecule has 0 aliphatic carbocycles. The van der Waals surface area contributed by atoms with E-state index in [1.807, 2.05) is 19.1 Å². The van der Waals surface area contributed by atoms with Crippen LogP contribution in [0.1, 0.15) is 18.4 Å². The molecule has 0 spiro atoms. The van der Waals surface area contributed by atoms with Gasteiger partial charge in [-0.2, -0.15) is 0 Å². The first-order chi connectivity index (χ1) is 11.1. The van der Waals surface area contributed by atoms with Gasteiger partial charge in [-0.1, -0.05) is 0 Å². The molecule has 3 N–H and O–H groups in total. The van der Waals surface area contributed by atoms with Crippen LogP contribution < -0.4 is 16.0 Å². The Bertz CT molecular complexity index is 678. The number of hydrogen-bond donors (Lipinski definition) is 2. The first-order valence-corrected chi connectivity index (χ1v) is 7.81. The Balaban J connectivity index is 1.64. The molecule has 0 saturated carbocycles. The van der Waals surface area contributed by atoms with Crippen LogP contribution in [0, 0.1) is 12.8 Å². The van der Waals surface area contributed by atoms with Crippen molar-refractivity contribution in [1.82, 2.24) is 9.97 Å². The lowest BCUT2D eigenvalue weighted by molar-refractivity contribution is -0.122. The highest BCUT2D eigenvalue weighted by Crippen LogP contribution is 2.25. The number of nitrogens with two attached hydrogens (primary N) is 1. The van der Waals surface area contributed by atoms with Crippen molar-refractivity contribution in [2.45, 2.75) is 19.8 Å². The Morgan fingerprint density at radius 1 is 1.26 bits per heavy atom. The molecule has 0 atom stereocenters. The van der Waals surface area contributed by atoms with Gasteiger partial charge < -0.3 is 16.0 Å². The van der Waals surface area contributed by atoms with Crippen molar-refractivity contribution in [3.05, 3.63) is 42.4 Å². The van der Waals surface area contributed by atoms with Crippen molar-refractivity contribution in [3.8, 4) is 0 Å². The molecule has 1 aliphatic rings. The van der Waals surface area contributed by atoms with Gasteiger partial charge in [0.25, 0.3) is 0 Å². The number of hydrogen-bond acceptors (Lipinski definition) is 5. The van der Waals surface area contributed by atoms with Crippen molar-refractivity contribution in [2.75, 3.05) is 23.3 Å². The van der Waals surface area contributed by atoms with Crippen LogP contribution >= 0.6 is 0 Å². The molecule has 0 unspecified atom stereocenters. The Hall–Kier alpha value is -2.63. The van der Waals surface area contributed by atoms with E-state index in [0.29, 0.717) is 0 Å². The fourth-order valence-corrected chi connectivity index (χ4v) is 2.84. The summed E-state index contributed by atoms with van der Waals surface area (Å²) in [5.74, 6) is 0.660. The number of rotatable bonds is 4. The van der Waals surface area contributed by atoms with E-state index in [2.05, 4.69) is 32.3 Å². The second kappa shape index (κ2) is 6.64. The Kier molecular flexibility index (Phi) is 4.41. The van der Waals surface area contributed by atoms with Crippen LogP contribution in [-0.4, -0.2) is 29.0 Å². The minimum absolute atomic E-state index is 0.0212. The van der Waals surface area contributed by atoms with Gasteiger partial charge in [-0.3, -0.25) is 4.79 Å². The zero-order valence-electron chi connectivity index (χ0n) is 13.2. The lowest BCUT2D eigenvalue weighted by Gasteiger charge is -2.32. The van der Waals surface area contributed by atoms with Gasteiger partial charge in [0, 0.05) is 42.1 Å². The second-order valence-electron chi connectivity index (χ2n) is 5.89. The van der Waals surface area contributed by atoms with Gasteiger partial charge in [0.1, 0.15) is 12.1 Å². The van der Waals surface area contributed by atoms with Crippen LogP contribution in [0.4, 0.5) is 17.2 Å². The van der Waals surface area contributed by atoms with E-state index < -0.39 is 0 Å². The molecular formula is C17H21N5O. The fraction of sp³-hybridized carbons (Fsp3) is 0.353. The first-order valence-electron chi connectivity index (χ1n) is 7.81. The highest BCUT2D eigenvalue weighted by atomic mass is 16.1. The molecule has 1 aliphatic heterocycles. The number of benzene rings is 1. The van der Waals surface area contributed by atoms with Crippen molar-refractivity contribution >= 4 is 23.1 Å². The predicted octanol–water partition coefficient (Wildman–Crippen LogP) is 2.23. The first kappa shape index (κ1) is 15.3. The summed E-state index contributed by atoms with van der Waals surface area (Å²) in [6.45, 7) is 3.70. The third-order valence-electron chi connectivity index (χ3n) is 4.29. The number of nitrogens with zero attached hydrogens (tertiary/aromatic N) is 3. The van der Waals surface area contributed by atoms with Crippen LogP contribution in [0.3, 0.4) is 0 Å². The molecule has 2 heterocycles. The fourth-order valence-electron chi connectivity index (χ4n) is 2.84. The number of primary amides is 1. The van der Waals surface area contributed by atoms with E-state index >= 15 is 0 Å². The maximum atomic E-state index is 11.2. The maximum absolute atomic E-state index is 11.2. The average molecular weight is 311 g/mol. The van der Waals surface area contributed by atoms with Gasteiger partial charge in [-0.25, -0.2) is 9.97 Å². The summed E-state index contributed by atoms with van der Waals surface area (Å²) in [6.07, 6.45) is 4.98. The summed E-state index contributed by atoms with van der Waals surface area (Å²) in [7, 11) is 0. The topological polar surface area (TPSA) is 84.1 Å². The number of anilines is 3. The number of piperidine rings is 1. The van der Waals surface area contributed by atoms with E-state index in [-0.39, 0.29) is 11.8 Å². The number of aromatic nitrogens is 2. The molecule has 1 saturated heterocycles. The second-order valence-corrected chi connectivity index (χ2v) is 5.89. The number of amides is 1. The Morgan fingerprint density at radius 3 is 2.57 bits per heavy atom. The lowest BCUT2D eigenvalue weighted by atomic mass is 9.96. The maximum Gasteiger partial charge on any atom is 0.220 e. The Labute approximate surface area is 135 Å². The van der Waals surface area contributed by atoms with Crippen LogP contribution in [0.5, 0.6) is 0 Å². The van der Waals surface area contributed by atoms with E-state index in [1.165, 1.54) is 6.33 Å². The molecule has 120 valence electrons. The predicted molar refractivity (Wildman–Crippen MR) is 90.6 cm³/mol. The Morgan fingerprint density at radius 2 is 1.96 bits per heavy atom. The number of carbonyl (C=O) groups is 1. The highest BCUT2D eigenvalue weighted by Gasteiger charge is 2.23. The van der Waals surface area contributed by atoms with Gasteiger partial charge >= 0.3 is 0 Å². The zero-order chi connectivity index (χ0) is 16.2. The van der Waals surface area contributed by atoms with Crippen molar-refractivity contribution < 1.29 is 4.79 Å². The van der Waals surface area contributed by atoms with E-state index in [4.69, 9.17) is 5.73 Å². The number of carbonyl (C=O) groups excluding carboxylic acids is 1. The SMILES string of the molecule is Cc1cncnc1Nc1ccc(N2CCC(C(N)=O)CC2)cc1. The monoisotopic (exact) mass is 311 g/mol. The summed E-state index contributed by atoms with van der Waals surface area (Å²) in [5.41, 5.74) is 8.54. The molecule has 0 bridgehead atoms. The third kappa shape index (κ3) is 3.59. The smallest absolute Gasteiger partial charge is 0.220 e. The van der Waals surface area contributed by atoms with Gasteiger partial charge in [0.2, 0.25) is 5.91 Å². The van der Waals surface area contributed by atoms with Crippen LogP contribution in [0.15, 0.2) is 36.8 Å². The van der Waals surface area contributed by atoms with Gasteiger partial charge in [0.15, 0.2) is 0 Å². The largest absolute Gasteiger partial charge is 0.371 e. The average Bonchev–Trinajstić information content (AvgIpc) is 2.58. The van der Waals surface area contributed by atoms with E-state index in [9.17, 15) is 4.79 Å². The number of nitrogens with one attached hydrogen (secondary N) is 1. The van der Waals surface area contributed by atoms with Gasteiger partial charge in [-0.15, -0.1) is 0 Å². The van der Waals surface area contributed by atoms with Crippen molar-refractivity contribution in [2.24, 2.45) is 11.7 Å².